The Kier molecular flexibility index (Phi) is 9.07. The number of anilines is 1. The number of nitrogens with one attached hydrogen (secondary N) is 2. The first-order chi connectivity index (χ1) is 21.9. The lowest BCUT2D eigenvalue weighted by Gasteiger charge is -2.53. The summed E-state index contributed by atoms with van der Waals surface area (Å²) in [7, 11) is 0. The third-order valence-electron chi connectivity index (χ3n) is 11.6. The van der Waals surface area contributed by atoms with Crippen molar-refractivity contribution in [2.45, 2.75) is 101 Å². The van der Waals surface area contributed by atoms with Crippen molar-refractivity contribution in [3.63, 3.8) is 0 Å². The molecule has 3 amide bonds. The van der Waals surface area contributed by atoms with E-state index in [1.54, 1.807) is 24.3 Å². The zero-order valence-electron chi connectivity index (χ0n) is 26.0. The molecule has 2 aromatic rings. The van der Waals surface area contributed by atoms with Gasteiger partial charge in [0.15, 0.2) is 0 Å². The topological polar surface area (TPSA) is 87.7 Å². The smallest absolute Gasteiger partial charge is 0.325 e. The van der Waals surface area contributed by atoms with Gasteiger partial charge >= 0.3 is 12.0 Å². The van der Waals surface area contributed by atoms with Crippen LogP contribution in [0.15, 0.2) is 54.6 Å². The molecule has 240 valence electrons. The van der Waals surface area contributed by atoms with Gasteiger partial charge in [0.1, 0.15) is 18.7 Å². The normalized spacial score (nSPS) is 33.0. The van der Waals surface area contributed by atoms with Gasteiger partial charge < -0.3 is 20.3 Å². The van der Waals surface area contributed by atoms with Crippen LogP contribution in [0.1, 0.15) is 88.5 Å². The number of likely N-dealkylation sites (tertiary alicyclic amines) is 1. The van der Waals surface area contributed by atoms with Crippen molar-refractivity contribution in [3.8, 4) is 0 Å². The van der Waals surface area contributed by atoms with Crippen LogP contribution in [0.25, 0.3) is 0 Å². The number of esters is 1. The van der Waals surface area contributed by atoms with Crippen LogP contribution in [0.5, 0.6) is 0 Å². The van der Waals surface area contributed by atoms with E-state index < -0.39 is 12.1 Å². The largest absolute Gasteiger partial charge is 0.460 e. The molecule has 3 atom stereocenters. The fourth-order valence-electron chi connectivity index (χ4n) is 9.83. The second-order valence-corrected chi connectivity index (χ2v) is 15.0. The average molecular weight is 632 g/mol. The van der Waals surface area contributed by atoms with E-state index in [1.807, 2.05) is 23.1 Å². The minimum atomic E-state index is -0.781. The number of ether oxygens (including phenoxy) is 1. The third kappa shape index (κ3) is 6.89. The Morgan fingerprint density at radius 2 is 1.53 bits per heavy atom. The maximum Gasteiger partial charge on any atom is 0.325 e. The molecule has 8 rings (SSSR count). The zero-order valence-corrected chi connectivity index (χ0v) is 26.8. The van der Waals surface area contributed by atoms with Crippen molar-refractivity contribution >= 4 is 35.2 Å². The van der Waals surface area contributed by atoms with Crippen LogP contribution < -0.4 is 10.6 Å². The number of amides is 3. The molecule has 4 bridgehead atoms. The Balaban J connectivity index is 1.14. The van der Waals surface area contributed by atoms with Gasteiger partial charge in [0.25, 0.3) is 0 Å². The summed E-state index contributed by atoms with van der Waals surface area (Å²) in [5, 5.41) is 6.35. The van der Waals surface area contributed by atoms with Crippen LogP contribution in [0.4, 0.5) is 10.5 Å². The van der Waals surface area contributed by atoms with Gasteiger partial charge in [0.05, 0.1) is 0 Å². The molecule has 3 unspecified atom stereocenters. The minimum Gasteiger partial charge on any atom is -0.460 e. The van der Waals surface area contributed by atoms with Crippen LogP contribution in [0.2, 0.25) is 5.02 Å². The molecule has 7 nitrogen and oxygen atoms in total. The highest BCUT2D eigenvalue weighted by Gasteiger charge is 2.50. The van der Waals surface area contributed by atoms with Crippen LogP contribution in [-0.4, -0.2) is 47.5 Å². The van der Waals surface area contributed by atoms with Crippen molar-refractivity contribution in [3.05, 3.63) is 65.2 Å². The summed E-state index contributed by atoms with van der Waals surface area (Å²) in [6.07, 6.45) is 12.8. The van der Waals surface area contributed by atoms with Crippen LogP contribution in [0.3, 0.4) is 0 Å². The Morgan fingerprint density at radius 3 is 2.22 bits per heavy atom. The molecule has 5 saturated carbocycles. The van der Waals surface area contributed by atoms with Gasteiger partial charge in [0.2, 0.25) is 5.91 Å². The van der Waals surface area contributed by atoms with Gasteiger partial charge in [-0.2, -0.15) is 0 Å². The lowest BCUT2D eigenvalue weighted by atomic mass is 9.55. The number of rotatable bonds is 7. The second kappa shape index (κ2) is 13.4. The van der Waals surface area contributed by atoms with Gasteiger partial charge in [-0.1, -0.05) is 67.3 Å². The molecule has 1 saturated heterocycles. The molecule has 45 heavy (non-hydrogen) atoms. The number of hydrogen-bond donors (Lipinski definition) is 2. The lowest BCUT2D eigenvalue weighted by molar-refractivity contribution is -0.174. The molecule has 6 fully saturated rings. The summed E-state index contributed by atoms with van der Waals surface area (Å²) in [4.78, 5) is 43.4. The number of carbonyl (C=O) groups is 3. The first-order valence-corrected chi connectivity index (χ1v) is 17.7. The van der Waals surface area contributed by atoms with Crippen molar-refractivity contribution in [2.24, 2.45) is 29.6 Å². The Hall–Kier alpha value is -3.06. The number of nitrogens with zero attached hydrogens (tertiary/aromatic N) is 1. The van der Waals surface area contributed by atoms with E-state index in [0.29, 0.717) is 34.9 Å². The summed E-state index contributed by atoms with van der Waals surface area (Å²) in [6.45, 7) is -0.0571. The van der Waals surface area contributed by atoms with E-state index in [2.05, 4.69) is 22.8 Å². The molecule has 5 aliphatic carbocycles. The SMILES string of the molecule is O=C(Nc1cccc(Cl)c1)NC1CC(c2ccccc2)CC(C2CCCCC2)N(CC(=O)OC2C3CC4CC(C3)CC2C4)C1=O. The Labute approximate surface area is 271 Å². The van der Waals surface area contributed by atoms with Gasteiger partial charge in [-0.15, -0.1) is 0 Å². The number of carbonyl (C=O) groups excluding carboxylic acids is 3. The van der Waals surface area contributed by atoms with Crippen molar-refractivity contribution in [1.82, 2.24) is 10.2 Å². The first-order valence-electron chi connectivity index (χ1n) is 17.3. The number of hydrogen-bond acceptors (Lipinski definition) is 4. The van der Waals surface area contributed by atoms with Gasteiger partial charge in [-0.25, -0.2) is 4.79 Å². The predicted molar refractivity (Wildman–Crippen MR) is 175 cm³/mol. The fraction of sp³-hybridized carbons (Fsp3) is 0.595. The van der Waals surface area contributed by atoms with Crippen LogP contribution in [-0.2, 0) is 14.3 Å². The van der Waals surface area contributed by atoms with Crippen molar-refractivity contribution < 1.29 is 19.1 Å². The quantitative estimate of drug-likeness (QED) is 0.309. The fourth-order valence-corrected chi connectivity index (χ4v) is 10.0. The molecule has 0 radical (unpaired) electrons. The molecule has 2 aromatic carbocycles. The molecular formula is C37H46ClN3O4. The Bertz CT molecular complexity index is 1350. The molecule has 1 heterocycles. The highest BCUT2D eigenvalue weighted by atomic mass is 35.5. The summed E-state index contributed by atoms with van der Waals surface area (Å²) in [6, 6.07) is 15.9. The third-order valence-corrected chi connectivity index (χ3v) is 11.8. The number of benzene rings is 2. The standard InChI is InChI=1S/C37H46ClN3O4/c38-30-12-7-13-31(21-30)39-37(44)40-32-19-27(25-8-3-1-4-9-25)20-33(26-10-5-2-6-11-26)41(36(32)43)22-34(42)45-35-28-15-23-14-24(17-28)18-29(35)16-23/h1,3-4,7-9,12-13,21,23-24,26-29,32-33,35H,2,5-6,10-11,14-20,22H2,(H2,39,40,44). The van der Waals surface area contributed by atoms with E-state index in [-0.39, 0.29) is 36.5 Å². The van der Waals surface area contributed by atoms with E-state index in [9.17, 15) is 14.4 Å². The van der Waals surface area contributed by atoms with Gasteiger partial charge in [-0.05, 0) is 117 Å². The molecule has 1 aliphatic heterocycles. The minimum absolute atomic E-state index is 0.0185. The number of urea groups is 1. The lowest BCUT2D eigenvalue weighted by Crippen LogP contribution is -2.55. The van der Waals surface area contributed by atoms with E-state index >= 15 is 0 Å². The molecular weight excluding hydrogens is 586 g/mol. The van der Waals surface area contributed by atoms with Crippen molar-refractivity contribution in [1.29, 1.82) is 0 Å². The number of halogens is 1. The molecule has 0 spiro atoms. The molecule has 2 N–H and O–H groups in total. The predicted octanol–water partition coefficient (Wildman–Crippen LogP) is 7.55. The van der Waals surface area contributed by atoms with Crippen molar-refractivity contribution in [2.75, 3.05) is 11.9 Å². The van der Waals surface area contributed by atoms with Crippen LogP contribution >= 0.6 is 11.6 Å². The monoisotopic (exact) mass is 631 g/mol. The maximum atomic E-state index is 14.5. The van der Waals surface area contributed by atoms with Gasteiger partial charge in [0, 0.05) is 16.8 Å². The average Bonchev–Trinajstić information content (AvgIpc) is 3.16. The maximum absolute atomic E-state index is 14.5. The summed E-state index contributed by atoms with van der Waals surface area (Å²) in [5.41, 5.74) is 1.71. The van der Waals surface area contributed by atoms with Crippen LogP contribution in [0, 0.1) is 29.6 Å². The highest BCUT2D eigenvalue weighted by Crippen LogP contribution is 2.54. The van der Waals surface area contributed by atoms with Gasteiger partial charge in [-0.3, -0.25) is 9.59 Å². The molecule has 6 aliphatic rings. The highest BCUT2D eigenvalue weighted by molar-refractivity contribution is 6.30. The van der Waals surface area contributed by atoms with E-state index in [1.165, 1.54) is 38.5 Å². The molecule has 0 aromatic heterocycles. The molecule has 8 heteroatoms. The zero-order chi connectivity index (χ0) is 30.9. The second-order valence-electron chi connectivity index (χ2n) is 14.6. The van der Waals surface area contributed by atoms with E-state index in [0.717, 1.165) is 49.5 Å². The summed E-state index contributed by atoms with van der Waals surface area (Å²) < 4.78 is 6.33. The Morgan fingerprint density at radius 1 is 0.822 bits per heavy atom. The first kappa shape index (κ1) is 30.6. The summed E-state index contributed by atoms with van der Waals surface area (Å²) >= 11 is 6.14. The van der Waals surface area contributed by atoms with E-state index in [4.69, 9.17) is 16.3 Å². The summed E-state index contributed by atoms with van der Waals surface area (Å²) in [5.74, 6) is 2.42.